The van der Waals surface area contributed by atoms with Crippen molar-refractivity contribution in [3.05, 3.63) is 17.0 Å². The van der Waals surface area contributed by atoms with Gasteiger partial charge in [-0.25, -0.2) is 9.97 Å². The summed E-state index contributed by atoms with van der Waals surface area (Å²) in [6.07, 6.45) is 2.78. The number of hydrogen-bond donors (Lipinski definition) is 0. The standard InChI is InChI=1S/C12H18ClN3S/c1-8(2)10-11(13)14-7-15-12(10)16(3)9-4-5-17-6-9/h7-9H,4-6H2,1-3H3. The highest BCUT2D eigenvalue weighted by Gasteiger charge is 2.25. The van der Waals surface area contributed by atoms with Crippen LogP contribution in [0.5, 0.6) is 0 Å². The minimum atomic E-state index is 0.343. The molecule has 0 amide bonds. The van der Waals surface area contributed by atoms with Gasteiger partial charge in [-0.2, -0.15) is 11.8 Å². The van der Waals surface area contributed by atoms with E-state index in [9.17, 15) is 0 Å². The van der Waals surface area contributed by atoms with Gasteiger partial charge in [0.2, 0.25) is 0 Å². The van der Waals surface area contributed by atoms with Gasteiger partial charge in [0.15, 0.2) is 0 Å². The van der Waals surface area contributed by atoms with Crippen LogP contribution in [0.4, 0.5) is 5.82 Å². The van der Waals surface area contributed by atoms with Crippen LogP contribution in [0.2, 0.25) is 5.15 Å². The van der Waals surface area contributed by atoms with E-state index in [2.05, 4.69) is 35.8 Å². The molecule has 1 atom stereocenters. The summed E-state index contributed by atoms with van der Waals surface area (Å²) in [4.78, 5) is 10.8. The maximum atomic E-state index is 6.19. The van der Waals surface area contributed by atoms with Gasteiger partial charge in [0, 0.05) is 24.4 Å². The van der Waals surface area contributed by atoms with Crippen LogP contribution in [-0.4, -0.2) is 34.6 Å². The first-order valence-electron chi connectivity index (χ1n) is 5.92. The molecule has 0 radical (unpaired) electrons. The molecule has 2 rings (SSSR count). The summed E-state index contributed by atoms with van der Waals surface area (Å²) < 4.78 is 0. The maximum Gasteiger partial charge on any atom is 0.138 e. The van der Waals surface area contributed by atoms with E-state index in [1.165, 1.54) is 17.9 Å². The van der Waals surface area contributed by atoms with E-state index in [1.807, 2.05) is 11.8 Å². The average Bonchev–Trinajstić information content (AvgIpc) is 2.80. The minimum absolute atomic E-state index is 0.343. The fraction of sp³-hybridized carbons (Fsp3) is 0.667. The molecule has 2 heterocycles. The second-order valence-electron chi connectivity index (χ2n) is 4.68. The Kier molecular flexibility index (Phi) is 4.15. The van der Waals surface area contributed by atoms with E-state index in [-0.39, 0.29) is 0 Å². The van der Waals surface area contributed by atoms with Gasteiger partial charge in [-0.05, 0) is 18.1 Å². The van der Waals surface area contributed by atoms with E-state index in [1.54, 1.807) is 6.33 Å². The predicted octanol–water partition coefficient (Wildman–Crippen LogP) is 3.20. The van der Waals surface area contributed by atoms with Gasteiger partial charge in [-0.1, -0.05) is 25.4 Å². The third-order valence-electron chi connectivity index (χ3n) is 3.18. The smallest absolute Gasteiger partial charge is 0.138 e. The molecular weight excluding hydrogens is 254 g/mol. The van der Waals surface area contributed by atoms with Gasteiger partial charge in [0.25, 0.3) is 0 Å². The summed E-state index contributed by atoms with van der Waals surface area (Å²) in [5, 5.41) is 0.586. The molecule has 17 heavy (non-hydrogen) atoms. The Hall–Kier alpha value is -0.480. The molecule has 0 saturated carbocycles. The quantitative estimate of drug-likeness (QED) is 0.790. The molecule has 0 N–H and O–H groups in total. The Morgan fingerprint density at radius 2 is 2.24 bits per heavy atom. The van der Waals surface area contributed by atoms with Crippen molar-refractivity contribution in [2.24, 2.45) is 0 Å². The van der Waals surface area contributed by atoms with Crippen LogP contribution in [0.25, 0.3) is 0 Å². The van der Waals surface area contributed by atoms with Crippen LogP contribution in [0.15, 0.2) is 6.33 Å². The first-order valence-corrected chi connectivity index (χ1v) is 7.45. The summed E-state index contributed by atoms with van der Waals surface area (Å²) in [5.74, 6) is 3.75. The number of aromatic nitrogens is 2. The molecule has 1 aliphatic rings. The SMILES string of the molecule is CC(C)c1c(Cl)ncnc1N(C)C1CCSC1. The molecule has 0 aliphatic carbocycles. The predicted molar refractivity (Wildman–Crippen MR) is 75.3 cm³/mol. The fourth-order valence-corrected chi connectivity index (χ4v) is 3.76. The highest BCUT2D eigenvalue weighted by atomic mass is 35.5. The molecule has 1 aromatic rings. The lowest BCUT2D eigenvalue weighted by atomic mass is 10.0. The van der Waals surface area contributed by atoms with Crippen LogP contribution in [-0.2, 0) is 0 Å². The molecule has 1 aromatic heterocycles. The number of hydrogen-bond acceptors (Lipinski definition) is 4. The maximum absolute atomic E-state index is 6.19. The molecule has 0 spiro atoms. The summed E-state index contributed by atoms with van der Waals surface area (Å²) in [6.45, 7) is 4.26. The van der Waals surface area contributed by atoms with E-state index >= 15 is 0 Å². The number of halogens is 1. The van der Waals surface area contributed by atoms with Crippen LogP contribution in [0.3, 0.4) is 0 Å². The van der Waals surface area contributed by atoms with E-state index < -0.39 is 0 Å². The van der Waals surface area contributed by atoms with Gasteiger partial charge in [0.05, 0.1) is 0 Å². The van der Waals surface area contributed by atoms with Gasteiger partial charge < -0.3 is 4.90 Å². The number of rotatable bonds is 3. The molecule has 1 unspecified atom stereocenters. The van der Waals surface area contributed by atoms with Crippen molar-refractivity contribution in [1.29, 1.82) is 0 Å². The van der Waals surface area contributed by atoms with E-state index in [0.29, 0.717) is 17.1 Å². The van der Waals surface area contributed by atoms with E-state index in [0.717, 1.165) is 11.4 Å². The normalized spacial score (nSPS) is 19.9. The van der Waals surface area contributed by atoms with Crippen molar-refractivity contribution in [3.8, 4) is 0 Å². The molecule has 5 heteroatoms. The van der Waals surface area contributed by atoms with Crippen LogP contribution < -0.4 is 4.90 Å². The van der Waals surface area contributed by atoms with E-state index in [4.69, 9.17) is 11.6 Å². The zero-order valence-electron chi connectivity index (χ0n) is 10.5. The molecule has 1 aliphatic heterocycles. The monoisotopic (exact) mass is 271 g/mol. The summed E-state index contributed by atoms with van der Waals surface area (Å²) in [6, 6.07) is 0.573. The van der Waals surface area contributed by atoms with Gasteiger partial charge in [-0.3, -0.25) is 0 Å². The highest BCUT2D eigenvalue weighted by molar-refractivity contribution is 7.99. The van der Waals surface area contributed by atoms with Crippen molar-refractivity contribution in [3.63, 3.8) is 0 Å². The Morgan fingerprint density at radius 3 is 2.82 bits per heavy atom. The summed E-state index contributed by atoms with van der Waals surface area (Å²) >= 11 is 8.20. The summed E-state index contributed by atoms with van der Waals surface area (Å²) in [5.41, 5.74) is 1.06. The lowest BCUT2D eigenvalue weighted by Crippen LogP contribution is -2.33. The van der Waals surface area contributed by atoms with Crippen LogP contribution >= 0.6 is 23.4 Å². The van der Waals surface area contributed by atoms with Crippen molar-refractivity contribution < 1.29 is 0 Å². The Bertz CT molecular complexity index is 391. The second kappa shape index (κ2) is 5.44. The van der Waals surface area contributed by atoms with Crippen LogP contribution in [0, 0.1) is 0 Å². The van der Waals surface area contributed by atoms with Crippen molar-refractivity contribution in [1.82, 2.24) is 9.97 Å². The largest absolute Gasteiger partial charge is 0.355 e. The highest BCUT2D eigenvalue weighted by Crippen LogP contribution is 2.33. The van der Waals surface area contributed by atoms with Gasteiger partial charge >= 0.3 is 0 Å². The topological polar surface area (TPSA) is 29.0 Å². The Balaban J connectivity index is 2.33. The molecule has 3 nitrogen and oxygen atoms in total. The van der Waals surface area contributed by atoms with Crippen molar-refractivity contribution in [2.75, 3.05) is 23.5 Å². The van der Waals surface area contributed by atoms with Crippen molar-refractivity contribution in [2.45, 2.75) is 32.2 Å². The minimum Gasteiger partial charge on any atom is -0.355 e. The molecule has 94 valence electrons. The summed E-state index contributed by atoms with van der Waals surface area (Å²) in [7, 11) is 2.11. The van der Waals surface area contributed by atoms with Crippen LogP contribution in [0.1, 0.15) is 31.7 Å². The zero-order chi connectivity index (χ0) is 12.4. The lowest BCUT2D eigenvalue weighted by Gasteiger charge is -2.28. The Labute approximate surface area is 112 Å². The first-order chi connectivity index (χ1) is 8.11. The lowest BCUT2D eigenvalue weighted by molar-refractivity contribution is 0.680. The van der Waals surface area contributed by atoms with Crippen molar-refractivity contribution >= 4 is 29.2 Å². The fourth-order valence-electron chi connectivity index (χ4n) is 2.14. The third kappa shape index (κ3) is 2.68. The number of thioether (sulfide) groups is 1. The molecular formula is C12H18ClN3S. The van der Waals surface area contributed by atoms with Gasteiger partial charge in [-0.15, -0.1) is 0 Å². The average molecular weight is 272 g/mol. The number of anilines is 1. The number of nitrogens with zero attached hydrogens (tertiary/aromatic N) is 3. The molecule has 0 bridgehead atoms. The zero-order valence-corrected chi connectivity index (χ0v) is 12.1. The first kappa shape index (κ1) is 13.0. The molecule has 1 fully saturated rings. The molecule has 0 aromatic carbocycles. The third-order valence-corrected chi connectivity index (χ3v) is 4.63. The second-order valence-corrected chi connectivity index (χ2v) is 6.19. The van der Waals surface area contributed by atoms with Gasteiger partial charge in [0.1, 0.15) is 17.3 Å². The molecule has 1 saturated heterocycles. The Morgan fingerprint density at radius 1 is 1.47 bits per heavy atom.